The third kappa shape index (κ3) is 5.64. The number of nitrogens with zero attached hydrogens (tertiary/aromatic N) is 4. The topological polar surface area (TPSA) is 69.0 Å². The minimum Gasteiger partial charge on any atom is -0.393 e. The van der Waals surface area contributed by atoms with Gasteiger partial charge in [-0.3, -0.25) is 14.5 Å². The highest BCUT2D eigenvalue weighted by Crippen LogP contribution is 2.37. The fourth-order valence-electron chi connectivity index (χ4n) is 7.02. The van der Waals surface area contributed by atoms with Crippen LogP contribution in [0.2, 0.25) is 0 Å². The van der Waals surface area contributed by atoms with Gasteiger partial charge in [-0.25, -0.2) is 0 Å². The van der Waals surface area contributed by atoms with Gasteiger partial charge in [-0.05, 0) is 63.1 Å². The first-order valence-corrected chi connectivity index (χ1v) is 14.3. The maximum atomic E-state index is 14.1. The molecule has 2 saturated carbocycles. The number of piperazine rings is 1. The van der Waals surface area contributed by atoms with E-state index in [1.165, 1.54) is 19.3 Å². The Bertz CT molecular complexity index is 1140. The van der Waals surface area contributed by atoms with Crippen molar-refractivity contribution in [3.05, 3.63) is 46.2 Å². The molecule has 7 nitrogen and oxygen atoms in total. The summed E-state index contributed by atoms with van der Waals surface area (Å²) in [5.41, 5.74) is 1.56. The van der Waals surface area contributed by atoms with Gasteiger partial charge in [-0.2, -0.15) is 0 Å². The molecule has 0 unspecified atom stereocenters. The average Bonchev–Trinajstić information content (AvgIpc) is 2.92. The monoisotopic (exact) mass is 508 g/mol. The molecule has 202 valence electrons. The van der Waals surface area contributed by atoms with E-state index in [1.807, 2.05) is 42.3 Å². The van der Waals surface area contributed by atoms with E-state index in [9.17, 15) is 14.7 Å². The molecule has 0 radical (unpaired) electrons. The van der Waals surface area contributed by atoms with Crippen LogP contribution in [-0.2, 0) is 18.4 Å². The number of benzene rings is 1. The largest absolute Gasteiger partial charge is 0.393 e. The number of hydrogen-bond donors (Lipinski definition) is 1. The van der Waals surface area contributed by atoms with Gasteiger partial charge >= 0.3 is 0 Å². The molecule has 0 spiro atoms. The highest BCUT2D eigenvalue weighted by atomic mass is 16.3. The van der Waals surface area contributed by atoms with Gasteiger partial charge in [0.25, 0.3) is 5.56 Å². The van der Waals surface area contributed by atoms with E-state index in [0.29, 0.717) is 31.5 Å². The predicted octanol–water partition coefficient (Wildman–Crippen LogP) is 3.37. The molecule has 1 saturated heterocycles. The summed E-state index contributed by atoms with van der Waals surface area (Å²) >= 11 is 0. The minimum atomic E-state index is -0.291. The molecule has 1 aromatic heterocycles. The number of aliphatic hydroxyl groups is 1. The Morgan fingerprint density at radius 2 is 1.68 bits per heavy atom. The van der Waals surface area contributed by atoms with Crippen LogP contribution in [0, 0.1) is 5.92 Å². The second-order valence-corrected chi connectivity index (χ2v) is 11.9. The number of aliphatic hydroxyl groups excluding tert-OH is 1. The molecule has 7 heteroatoms. The summed E-state index contributed by atoms with van der Waals surface area (Å²) in [6.07, 6.45) is 8.41. The number of hydrogen-bond acceptors (Lipinski definition) is 5. The number of para-hydroxylation sites is 1. The summed E-state index contributed by atoms with van der Waals surface area (Å²) in [5, 5.41) is 11.1. The molecule has 37 heavy (non-hydrogen) atoms. The Hall–Kier alpha value is -2.22. The second-order valence-electron chi connectivity index (χ2n) is 11.9. The first-order valence-electron chi connectivity index (χ1n) is 14.3. The van der Waals surface area contributed by atoms with Crippen LogP contribution < -0.4 is 5.56 Å². The first kappa shape index (κ1) is 26.4. The summed E-state index contributed by atoms with van der Waals surface area (Å²) < 4.78 is 1.72. The van der Waals surface area contributed by atoms with Crippen molar-refractivity contribution in [2.75, 3.05) is 39.8 Å². The lowest BCUT2D eigenvalue weighted by Crippen LogP contribution is -2.62. The third-order valence-corrected chi connectivity index (χ3v) is 9.37. The zero-order valence-corrected chi connectivity index (χ0v) is 22.7. The van der Waals surface area contributed by atoms with Gasteiger partial charge in [0.1, 0.15) is 0 Å². The molecular formula is C30H44N4O3. The molecule has 1 aliphatic heterocycles. The highest BCUT2D eigenvalue weighted by Gasteiger charge is 2.42. The van der Waals surface area contributed by atoms with Gasteiger partial charge < -0.3 is 19.5 Å². The highest BCUT2D eigenvalue weighted by molar-refractivity contribution is 5.81. The van der Waals surface area contributed by atoms with E-state index in [4.69, 9.17) is 0 Å². The maximum absolute atomic E-state index is 14.1. The van der Waals surface area contributed by atoms with Crippen molar-refractivity contribution in [2.45, 2.75) is 76.0 Å². The van der Waals surface area contributed by atoms with Crippen LogP contribution in [0.3, 0.4) is 0 Å². The number of amides is 1. The molecule has 2 aliphatic carbocycles. The molecule has 2 aromatic rings. The van der Waals surface area contributed by atoms with Gasteiger partial charge in [0.15, 0.2) is 0 Å². The summed E-state index contributed by atoms with van der Waals surface area (Å²) in [5.74, 6) is 0.0991. The molecule has 1 N–H and O–H groups in total. The summed E-state index contributed by atoms with van der Waals surface area (Å²) in [4.78, 5) is 34.7. The minimum absolute atomic E-state index is 0.0205. The zero-order valence-electron chi connectivity index (χ0n) is 22.7. The quantitative estimate of drug-likeness (QED) is 0.648. The molecule has 0 bridgehead atoms. The van der Waals surface area contributed by atoms with Crippen LogP contribution in [-0.4, -0.2) is 81.7 Å². The summed E-state index contributed by atoms with van der Waals surface area (Å²) in [7, 11) is 4.02. The molecular weight excluding hydrogens is 464 g/mol. The number of likely N-dealkylation sites (N-methyl/N-ethyl adjacent to an activating group) is 1. The predicted molar refractivity (Wildman–Crippen MR) is 147 cm³/mol. The molecule has 3 aliphatic rings. The number of rotatable bonds is 6. The van der Waals surface area contributed by atoms with Gasteiger partial charge in [-0.1, -0.05) is 37.5 Å². The summed E-state index contributed by atoms with van der Waals surface area (Å²) in [6, 6.07) is 9.96. The van der Waals surface area contributed by atoms with E-state index in [0.717, 1.165) is 62.8 Å². The summed E-state index contributed by atoms with van der Waals surface area (Å²) in [6.45, 7) is 5.22. The van der Waals surface area contributed by atoms with Crippen molar-refractivity contribution in [2.24, 2.45) is 13.0 Å². The number of fused-ring (bicyclic) bond motifs is 1. The Morgan fingerprint density at radius 3 is 2.38 bits per heavy atom. The van der Waals surface area contributed by atoms with Gasteiger partial charge in [0.05, 0.1) is 18.2 Å². The van der Waals surface area contributed by atoms with Crippen molar-refractivity contribution in [1.82, 2.24) is 19.3 Å². The molecule has 2 heterocycles. The average molecular weight is 509 g/mol. The number of pyridine rings is 1. The standard InChI is InChI=1S/C30H44N4O3/c1-31-16-18-34(19-17-31)30(14-6-3-7-15-30)22-33(29(37)23-10-12-26(35)13-11-23)21-25-20-24-8-4-5-9-27(24)32(2)28(25)36/h4-5,8-9,20,23,26,35H,3,6-7,10-19,21-22H2,1-2H3/t23-,26+. The van der Waals surface area contributed by atoms with E-state index in [2.05, 4.69) is 16.8 Å². The van der Waals surface area contributed by atoms with E-state index < -0.39 is 0 Å². The van der Waals surface area contributed by atoms with Gasteiger partial charge in [0, 0.05) is 56.8 Å². The van der Waals surface area contributed by atoms with Crippen LogP contribution in [0.15, 0.2) is 35.1 Å². The Balaban J connectivity index is 1.48. The third-order valence-electron chi connectivity index (χ3n) is 9.37. The van der Waals surface area contributed by atoms with Crippen LogP contribution in [0.25, 0.3) is 10.9 Å². The van der Waals surface area contributed by atoms with Crippen molar-refractivity contribution in [3.8, 4) is 0 Å². The first-order chi connectivity index (χ1) is 17.9. The normalized spacial score (nSPS) is 25.3. The Labute approximate surface area is 221 Å². The van der Waals surface area contributed by atoms with Crippen molar-refractivity contribution >= 4 is 16.8 Å². The van der Waals surface area contributed by atoms with E-state index in [1.54, 1.807) is 4.57 Å². The van der Waals surface area contributed by atoms with E-state index >= 15 is 0 Å². The second kappa shape index (κ2) is 11.3. The number of carbonyl (C=O) groups is 1. The van der Waals surface area contributed by atoms with E-state index in [-0.39, 0.29) is 29.0 Å². The molecule has 1 aromatic carbocycles. The number of aromatic nitrogens is 1. The number of aryl methyl sites for hydroxylation is 1. The van der Waals surface area contributed by atoms with Crippen LogP contribution >= 0.6 is 0 Å². The Kier molecular flexibility index (Phi) is 8.03. The van der Waals surface area contributed by atoms with Crippen molar-refractivity contribution in [3.63, 3.8) is 0 Å². The van der Waals surface area contributed by atoms with Gasteiger partial charge in [-0.15, -0.1) is 0 Å². The van der Waals surface area contributed by atoms with Crippen LogP contribution in [0.4, 0.5) is 0 Å². The maximum Gasteiger partial charge on any atom is 0.255 e. The lowest BCUT2D eigenvalue weighted by Gasteiger charge is -2.51. The van der Waals surface area contributed by atoms with Gasteiger partial charge in [0.2, 0.25) is 5.91 Å². The van der Waals surface area contributed by atoms with Crippen molar-refractivity contribution in [1.29, 1.82) is 0 Å². The number of carbonyl (C=O) groups excluding carboxylic acids is 1. The SMILES string of the molecule is CN1CCN(C2(CN(Cc3cc4ccccc4n(C)c3=O)C(=O)[C@H]3CC[C@@H](O)CC3)CCCCC2)CC1. The molecule has 0 atom stereocenters. The smallest absolute Gasteiger partial charge is 0.255 e. The Morgan fingerprint density at radius 1 is 1.00 bits per heavy atom. The fourth-order valence-corrected chi connectivity index (χ4v) is 7.02. The fraction of sp³-hybridized carbons (Fsp3) is 0.667. The lowest BCUT2D eigenvalue weighted by atomic mass is 9.78. The molecule has 3 fully saturated rings. The molecule has 1 amide bonds. The van der Waals surface area contributed by atoms with Crippen LogP contribution in [0.5, 0.6) is 0 Å². The van der Waals surface area contributed by atoms with Crippen molar-refractivity contribution < 1.29 is 9.90 Å². The lowest BCUT2D eigenvalue weighted by molar-refractivity contribution is -0.141. The zero-order chi connectivity index (χ0) is 26.0. The molecule has 5 rings (SSSR count). The van der Waals surface area contributed by atoms with Crippen LogP contribution in [0.1, 0.15) is 63.4 Å².